The molecule has 7 heteroatoms. The smallest absolute Gasteiger partial charge is 0.193 e. The normalized spacial score (nSPS) is 11.7. The summed E-state index contributed by atoms with van der Waals surface area (Å²) >= 11 is 3.48. The Morgan fingerprint density at radius 2 is 2.15 bits per heavy atom. The topological polar surface area (TPSA) is 53.7 Å². The zero-order chi connectivity index (χ0) is 18.0. The summed E-state index contributed by atoms with van der Waals surface area (Å²) in [7, 11) is 2.08. The molecule has 0 aliphatic rings. The van der Waals surface area contributed by atoms with Crippen molar-refractivity contribution in [3.63, 3.8) is 0 Å². The summed E-state index contributed by atoms with van der Waals surface area (Å²) in [6.45, 7) is 2.47. The number of thiazole rings is 1. The third-order valence-corrected chi connectivity index (χ3v) is 5.72. The van der Waals surface area contributed by atoms with E-state index in [0.29, 0.717) is 0 Å². The predicted molar refractivity (Wildman–Crippen MR) is 109 cm³/mol. The van der Waals surface area contributed by atoms with E-state index < -0.39 is 0 Å². The molecule has 0 radical (unpaired) electrons. The molecular weight excluding hydrogens is 364 g/mol. The lowest BCUT2D eigenvalue weighted by atomic mass is 10.3. The van der Waals surface area contributed by atoms with Gasteiger partial charge in [0.15, 0.2) is 5.96 Å². The number of aliphatic imine (C=N–C) groups is 1. The van der Waals surface area contributed by atoms with Gasteiger partial charge >= 0.3 is 0 Å². The predicted octanol–water partition coefficient (Wildman–Crippen LogP) is 3.70. The van der Waals surface area contributed by atoms with Crippen LogP contribution < -0.4 is 5.32 Å². The lowest BCUT2D eigenvalue weighted by Crippen LogP contribution is -2.41. The number of furan rings is 1. The largest absolute Gasteiger partial charge is 0.469 e. The molecule has 0 aromatic carbocycles. The van der Waals surface area contributed by atoms with Gasteiger partial charge in [-0.15, -0.1) is 22.7 Å². The molecule has 3 heterocycles. The van der Waals surface area contributed by atoms with Gasteiger partial charge in [-0.3, -0.25) is 4.99 Å². The number of nitrogens with zero attached hydrogens (tertiary/aromatic N) is 3. The van der Waals surface area contributed by atoms with Gasteiger partial charge < -0.3 is 14.6 Å². The lowest BCUT2D eigenvalue weighted by Gasteiger charge is -2.22. The molecular formula is C19H24N4OS2. The minimum absolute atomic E-state index is 0.783. The van der Waals surface area contributed by atoms with Crippen molar-refractivity contribution in [3.8, 4) is 0 Å². The van der Waals surface area contributed by atoms with Crippen molar-refractivity contribution in [1.29, 1.82) is 0 Å². The number of likely N-dealkylation sites (N-methyl/N-ethyl adjacent to an activating group) is 1. The van der Waals surface area contributed by atoms with Crippen LogP contribution in [0.15, 0.2) is 56.9 Å². The molecule has 0 unspecified atom stereocenters. The highest BCUT2D eigenvalue weighted by atomic mass is 32.1. The Morgan fingerprint density at radius 3 is 2.88 bits per heavy atom. The molecule has 138 valence electrons. The van der Waals surface area contributed by atoms with Gasteiger partial charge in [0.1, 0.15) is 5.76 Å². The Kier molecular flexibility index (Phi) is 7.27. The van der Waals surface area contributed by atoms with Crippen molar-refractivity contribution < 1.29 is 4.42 Å². The SMILES string of the molecule is CN(CCc1nccs1)C(=NCCc1cccs1)NCCc1ccco1. The van der Waals surface area contributed by atoms with Crippen molar-refractivity contribution in [2.45, 2.75) is 19.3 Å². The van der Waals surface area contributed by atoms with Gasteiger partial charge in [0.05, 0.1) is 11.3 Å². The Bertz CT molecular complexity index is 752. The quantitative estimate of drug-likeness (QED) is 0.449. The van der Waals surface area contributed by atoms with Crippen LogP contribution in [0.5, 0.6) is 0 Å². The van der Waals surface area contributed by atoms with E-state index in [4.69, 9.17) is 9.41 Å². The second-order valence-electron chi connectivity index (χ2n) is 5.89. The molecule has 3 aromatic heterocycles. The molecule has 0 bridgehead atoms. The van der Waals surface area contributed by atoms with Crippen molar-refractivity contribution in [2.75, 3.05) is 26.7 Å². The van der Waals surface area contributed by atoms with Crippen LogP contribution >= 0.6 is 22.7 Å². The number of hydrogen-bond donors (Lipinski definition) is 1. The standard InChI is InChI=1S/C19H24N4OS2/c1-23(12-8-18-20-11-15-26-18)19(21-9-6-16-4-2-13-24-16)22-10-7-17-5-3-14-25-17/h2-5,11,13-15H,6-10,12H2,1H3,(H,21,22). The third kappa shape index (κ3) is 6.00. The number of guanidine groups is 1. The zero-order valence-corrected chi connectivity index (χ0v) is 16.6. The van der Waals surface area contributed by atoms with Crippen molar-refractivity contribution in [3.05, 3.63) is 63.1 Å². The molecule has 0 amide bonds. The van der Waals surface area contributed by atoms with Gasteiger partial charge in [-0.05, 0) is 23.6 Å². The number of rotatable bonds is 9. The van der Waals surface area contributed by atoms with E-state index in [1.165, 1.54) is 4.88 Å². The highest BCUT2D eigenvalue weighted by molar-refractivity contribution is 7.10. The van der Waals surface area contributed by atoms with Crippen LogP contribution in [0, 0.1) is 0 Å². The Balaban J connectivity index is 1.53. The molecule has 0 spiro atoms. The summed E-state index contributed by atoms with van der Waals surface area (Å²) in [5.74, 6) is 1.92. The monoisotopic (exact) mass is 388 g/mol. The van der Waals surface area contributed by atoms with E-state index in [2.05, 4.69) is 39.8 Å². The van der Waals surface area contributed by atoms with Gasteiger partial charge in [0.2, 0.25) is 0 Å². The van der Waals surface area contributed by atoms with E-state index in [1.807, 2.05) is 23.7 Å². The van der Waals surface area contributed by atoms with Crippen LogP contribution in [0.3, 0.4) is 0 Å². The molecule has 3 rings (SSSR count). The molecule has 0 aliphatic heterocycles. The summed E-state index contributed by atoms with van der Waals surface area (Å²) in [6.07, 6.45) is 6.32. The van der Waals surface area contributed by atoms with Crippen LogP contribution in [0.2, 0.25) is 0 Å². The Hall–Kier alpha value is -2.12. The molecule has 0 atom stereocenters. The van der Waals surface area contributed by atoms with Crippen LogP contribution in [-0.2, 0) is 19.3 Å². The highest BCUT2D eigenvalue weighted by Crippen LogP contribution is 2.09. The maximum atomic E-state index is 5.40. The van der Waals surface area contributed by atoms with Gasteiger partial charge in [-0.2, -0.15) is 0 Å². The van der Waals surface area contributed by atoms with E-state index in [-0.39, 0.29) is 0 Å². The van der Waals surface area contributed by atoms with E-state index >= 15 is 0 Å². The van der Waals surface area contributed by atoms with Crippen LogP contribution in [-0.4, -0.2) is 42.5 Å². The van der Waals surface area contributed by atoms with E-state index in [1.54, 1.807) is 28.9 Å². The molecule has 0 fully saturated rings. The van der Waals surface area contributed by atoms with Crippen molar-refractivity contribution >= 4 is 28.6 Å². The maximum Gasteiger partial charge on any atom is 0.193 e. The first-order valence-corrected chi connectivity index (χ1v) is 10.5. The third-order valence-electron chi connectivity index (χ3n) is 3.94. The Labute approximate surface area is 162 Å². The molecule has 5 nitrogen and oxygen atoms in total. The fourth-order valence-corrected chi connectivity index (χ4v) is 3.84. The minimum atomic E-state index is 0.783. The summed E-state index contributed by atoms with van der Waals surface area (Å²) in [5, 5.41) is 8.76. The number of nitrogens with one attached hydrogen (secondary N) is 1. The molecule has 0 saturated carbocycles. The first-order chi connectivity index (χ1) is 12.8. The second-order valence-corrected chi connectivity index (χ2v) is 7.90. The molecule has 0 aliphatic carbocycles. The number of aromatic nitrogens is 1. The summed E-state index contributed by atoms with van der Waals surface area (Å²) in [5.41, 5.74) is 0. The zero-order valence-electron chi connectivity index (χ0n) is 14.9. The van der Waals surface area contributed by atoms with Gasteiger partial charge in [-0.1, -0.05) is 6.07 Å². The maximum absolute atomic E-state index is 5.40. The number of hydrogen-bond acceptors (Lipinski definition) is 5. The van der Waals surface area contributed by atoms with E-state index in [0.717, 1.165) is 55.6 Å². The van der Waals surface area contributed by atoms with Gasteiger partial charge in [0, 0.05) is 62.4 Å². The molecule has 0 saturated heterocycles. The average molecular weight is 389 g/mol. The van der Waals surface area contributed by atoms with Crippen LogP contribution in [0.4, 0.5) is 0 Å². The van der Waals surface area contributed by atoms with Gasteiger partial charge in [0.25, 0.3) is 0 Å². The van der Waals surface area contributed by atoms with Crippen molar-refractivity contribution in [1.82, 2.24) is 15.2 Å². The van der Waals surface area contributed by atoms with Crippen molar-refractivity contribution in [2.24, 2.45) is 4.99 Å². The highest BCUT2D eigenvalue weighted by Gasteiger charge is 2.08. The average Bonchev–Trinajstić information content (AvgIpc) is 3.41. The number of thiophene rings is 1. The molecule has 26 heavy (non-hydrogen) atoms. The van der Waals surface area contributed by atoms with Crippen LogP contribution in [0.25, 0.3) is 0 Å². The van der Waals surface area contributed by atoms with Crippen LogP contribution in [0.1, 0.15) is 15.6 Å². The summed E-state index contributed by atoms with van der Waals surface area (Å²) in [6, 6.07) is 8.18. The molecule has 1 N–H and O–H groups in total. The lowest BCUT2D eigenvalue weighted by molar-refractivity contribution is 0.474. The first-order valence-electron chi connectivity index (χ1n) is 8.74. The fraction of sp³-hybridized carbons (Fsp3) is 0.368. The summed E-state index contributed by atoms with van der Waals surface area (Å²) in [4.78, 5) is 12.7. The first kappa shape index (κ1) is 18.7. The minimum Gasteiger partial charge on any atom is -0.469 e. The Morgan fingerprint density at radius 1 is 1.19 bits per heavy atom. The summed E-state index contributed by atoms with van der Waals surface area (Å²) < 4.78 is 5.40. The fourth-order valence-electron chi connectivity index (χ4n) is 2.54. The van der Waals surface area contributed by atoms with Gasteiger partial charge in [-0.25, -0.2) is 4.98 Å². The molecule has 3 aromatic rings. The van der Waals surface area contributed by atoms with E-state index in [9.17, 15) is 0 Å². The second kappa shape index (κ2) is 10.1.